The quantitative estimate of drug-likeness (QED) is 0.320. The van der Waals surface area contributed by atoms with Gasteiger partial charge < -0.3 is 10.2 Å². The zero-order chi connectivity index (χ0) is 26.2. The number of amides is 2. The number of aryl methyl sites for hydroxylation is 2. The van der Waals surface area contributed by atoms with Crippen molar-refractivity contribution in [2.45, 2.75) is 65.6 Å². The number of hydrogen-bond acceptors (Lipinski definition) is 2. The van der Waals surface area contributed by atoms with E-state index in [1.807, 2.05) is 82.3 Å². The maximum Gasteiger partial charge on any atom is 0.243 e. The summed E-state index contributed by atoms with van der Waals surface area (Å²) in [6, 6.07) is 20.3. The van der Waals surface area contributed by atoms with E-state index >= 15 is 0 Å². The minimum absolute atomic E-state index is 0.00778. The predicted molar refractivity (Wildman–Crippen MR) is 148 cm³/mol. The van der Waals surface area contributed by atoms with Crippen LogP contribution in [0.5, 0.6) is 0 Å². The van der Waals surface area contributed by atoms with Crippen molar-refractivity contribution in [1.29, 1.82) is 0 Å². The third kappa shape index (κ3) is 7.59. The van der Waals surface area contributed by atoms with E-state index in [0.29, 0.717) is 16.5 Å². The molecular weight excluding hydrogens is 491 g/mol. The number of nitrogens with one attached hydrogen (secondary N) is 1. The van der Waals surface area contributed by atoms with E-state index in [-0.39, 0.29) is 30.8 Å². The first kappa shape index (κ1) is 27.8. The molecule has 0 aromatic heterocycles. The largest absolute Gasteiger partial charge is 0.352 e. The highest BCUT2D eigenvalue weighted by atomic mass is 35.5. The molecule has 190 valence electrons. The van der Waals surface area contributed by atoms with Crippen molar-refractivity contribution in [3.63, 3.8) is 0 Å². The Morgan fingerprint density at radius 2 is 1.64 bits per heavy atom. The summed E-state index contributed by atoms with van der Waals surface area (Å²) in [5.41, 5.74) is 4.93. The van der Waals surface area contributed by atoms with Crippen LogP contribution in [0.4, 0.5) is 0 Å². The van der Waals surface area contributed by atoms with Crippen LogP contribution in [0.3, 0.4) is 0 Å². The Bertz CT molecular complexity index is 1200. The molecule has 36 heavy (non-hydrogen) atoms. The van der Waals surface area contributed by atoms with Crippen molar-refractivity contribution in [3.8, 4) is 0 Å². The summed E-state index contributed by atoms with van der Waals surface area (Å²) in [6.07, 6.45) is 1.38. The van der Waals surface area contributed by atoms with Crippen LogP contribution < -0.4 is 5.32 Å². The van der Waals surface area contributed by atoms with Crippen molar-refractivity contribution in [2.75, 3.05) is 0 Å². The van der Waals surface area contributed by atoms with Crippen molar-refractivity contribution in [2.24, 2.45) is 0 Å². The molecule has 0 bridgehead atoms. The van der Waals surface area contributed by atoms with E-state index in [1.165, 1.54) is 5.56 Å². The zero-order valence-corrected chi connectivity index (χ0v) is 22.9. The molecule has 1 N–H and O–H groups in total. The molecule has 0 heterocycles. The molecule has 0 aliphatic rings. The summed E-state index contributed by atoms with van der Waals surface area (Å²) >= 11 is 12.6. The summed E-state index contributed by atoms with van der Waals surface area (Å²) in [5, 5.41) is 4.07. The van der Waals surface area contributed by atoms with Crippen molar-refractivity contribution in [3.05, 3.63) is 105 Å². The summed E-state index contributed by atoms with van der Waals surface area (Å²) in [5.74, 6) is -0.309. The Morgan fingerprint density at radius 3 is 2.28 bits per heavy atom. The van der Waals surface area contributed by atoms with Gasteiger partial charge in [0, 0.05) is 29.1 Å². The lowest BCUT2D eigenvalue weighted by atomic mass is 10.00. The lowest BCUT2D eigenvalue weighted by Gasteiger charge is -2.32. The van der Waals surface area contributed by atoms with E-state index in [0.717, 1.165) is 28.7 Å². The lowest BCUT2D eigenvalue weighted by Crippen LogP contribution is -2.52. The highest BCUT2D eigenvalue weighted by Gasteiger charge is 2.31. The number of benzene rings is 3. The summed E-state index contributed by atoms with van der Waals surface area (Å²) in [7, 11) is 0. The van der Waals surface area contributed by atoms with Crippen LogP contribution >= 0.6 is 23.2 Å². The number of carbonyl (C=O) groups excluding carboxylic acids is 2. The van der Waals surface area contributed by atoms with Gasteiger partial charge in [0.1, 0.15) is 6.04 Å². The normalized spacial score (nSPS) is 12.6. The molecule has 3 aromatic carbocycles. The molecule has 3 rings (SSSR count). The maximum atomic E-state index is 13.9. The van der Waals surface area contributed by atoms with E-state index in [1.54, 1.807) is 17.0 Å². The Labute approximate surface area is 224 Å². The van der Waals surface area contributed by atoms with Crippen LogP contribution in [0.15, 0.2) is 66.7 Å². The third-order valence-electron chi connectivity index (χ3n) is 6.55. The fourth-order valence-electron chi connectivity index (χ4n) is 4.02. The molecule has 0 saturated heterocycles. The van der Waals surface area contributed by atoms with Gasteiger partial charge in [-0.1, -0.05) is 84.7 Å². The minimum atomic E-state index is -0.702. The van der Waals surface area contributed by atoms with Gasteiger partial charge in [0.2, 0.25) is 11.8 Å². The maximum absolute atomic E-state index is 13.9. The SMILES string of the molecule is CC[C@H](C)NC(=O)[C@@H](Cc1ccccc1)N(Cc1ccc(Cl)cc1Cl)C(=O)Cc1ccc(C)c(C)c1. The molecule has 0 radical (unpaired) electrons. The smallest absolute Gasteiger partial charge is 0.243 e. The first-order chi connectivity index (χ1) is 17.2. The Hall–Kier alpha value is -2.82. The Kier molecular flexibility index (Phi) is 9.98. The molecule has 0 fully saturated rings. The second kappa shape index (κ2) is 12.9. The molecule has 0 spiro atoms. The first-order valence-electron chi connectivity index (χ1n) is 12.3. The van der Waals surface area contributed by atoms with Gasteiger partial charge in [0.05, 0.1) is 6.42 Å². The van der Waals surface area contributed by atoms with Gasteiger partial charge in [-0.25, -0.2) is 0 Å². The van der Waals surface area contributed by atoms with Gasteiger partial charge >= 0.3 is 0 Å². The number of halogens is 2. The van der Waals surface area contributed by atoms with Gasteiger partial charge in [-0.2, -0.15) is 0 Å². The second-order valence-corrected chi connectivity index (χ2v) is 10.2. The molecule has 3 aromatic rings. The van der Waals surface area contributed by atoms with Crippen molar-refractivity contribution in [1.82, 2.24) is 10.2 Å². The fourth-order valence-corrected chi connectivity index (χ4v) is 4.49. The summed E-state index contributed by atoms with van der Waals surface area (Å²) in [4.78, 5) is 29.1. The van der Waals surface area contributed by atoms with E-state index in [4.69, 9.17) is 23.2 Å². The monoisotopic (exact) mass is 524 g/mol. The minimum Gasteiger partial charge on any atom is -0.352 e. The molecule has 4 nitrogen and oxygen atoms in total. The van der Waals surface area contributed by atoms with Crippen molar-refractivity contribution < 1.29 is 9.59 Å². The Morgan fingerprint density at radius 1 is 0.917 bits per heavy atom. The fraction of sp³-hybridized carbons (Fsp3) is 0.333. The molecule has 6 heteroatoms. The van der Waals surface area contributed by atoms with Crippen LogP contribution in [0, 0.1) is 13.8 Å². The van der Waals surface area contributed by atoms with Crippen LogP contribution in [0.1, 0.15) is 48.1 Å². The van der Waals surface area contributed by atoms with Crippen LogP contribution in [-0.4, -0.2) is 28.8 Å². The average molecular weight is 526 g/mol. The number of rotatable bonds is 10. The van der Waals surface area contributed by atoms with Crippen LogP contribution in [-0.2, 0) is 29.0 Å². The van der Waals surface area contributed by atoms with E-state index in [2.05, 4.69) is 5.32 Å². The lowest BCUT2D eigenvalue weighted by molar-refractivity contribution is -0.141. The zero-order valence-electron chi connectivity index (χ0n) is 21.4. The number of hydrogen-bond donors (Lipinski definition) is 1. The number of nitrogens with zero attached hydrogens (tertiary/aromatic N) is 1. The molecule has 0 saturated carbocycles. The van der Waals surface area contributed by atoms with Crippen molar-refractivity contribution >= 4 is 35.0 Å². The molecule has 2 atom stereocenters. The molecule has 0 aliphatic heterocycles. The van der Waals surface area contributed by atoms with Crippen LogP contribution in [0.25, 0.3) is 0 Å². The van der Waals surface area contributed by atoms with Gasteiger partial charge in [0.15, 0.2) is 0 Å². The summed E-state index contributed by atoms with van der Waals surface area (Å²) < 4.78 is 0. The second-order valence-electron chi connectivity index (χ2n) is 9.38. The van der Waals surface area contributed by atoms with Gasteiger partial charge in [-0.3, -0.25) is 9.59 Å². The number of carbonyl (C=O) groups is 2. The predicted octanol–water partition coefficient (Wildman–Crippen LogP) is 6.71. The van der Waals surface area contributed by atoms with E-state index in [9.17, 15) is 9.59 Å². The topological polar surface area (TPSA) is 49.4 Å². The highest BCUT2D eigenvalue weighted by Crippen LogP contribution is 2.25. The Balaban J connectivity index is 2.01. The van der Waals surface area contributed by atoms with Gasteiger partial charge in [-0.05, 0) is 67.1 Å². The van der Waals surface area contributed by atoms with Gasteiger partial charge in [-0.15, -0.1) is 0 Å². The molecule has 0 aliphatic carbocycles. The summed E-state index contributed by atoms with van der Waals surface area (Å²) in [6.45, 7) is 8.27. The average Bonchev–Trinajstić information content (AvgIpc) is 2.85. The standard InChI is InChI=1S/C30H34Cl2N2O2/c1-5-22(4)33-30(36)28(16-23-9-7-6-8-10-23)34(19-25-13-14-26(31)18-27(25)32)29(35)17-24-12-11-20(2)21(3)15-24/h6-15,18,22,28H,5,16-17,19H2,1-4H3,(H,33,36)/t22-,28+/m0/s1. The molecular formula is C30H34Cl2N2O2. The highest BCUT2D eigenvalue weighted by molar-refractivity contribution is 6.35. The third-order valence-corrected chi connectivity index (χ3v) is 7.14. The van der Waals surface area contributed by atoms with Gasteiger partial charge in [0.25, 0.3) is 0 Å². The first-order valence-corrected chi connectivity index (χ1v) is 13.1. The molecule has 2 amide bonds. The van der Waals surface area contributed by atoms with Crippen LogP contribution in [0.2, 0.25) is 10.0 Å². The molecule has 0 unspecified atom stereocenters. The van der Waals surface area contributed by atoms with E-state index < -0.39 is 6.04 Å².